The number of hydrogen-bond acceptors (Lipinski definition) is 3. The second-order valence-electron chi connectivity index (χ2n) is 5.63. The first-order valence-corrected chi connectivity index (χ1v) is 8.04. The van der Waals surface area contributed by atoms with Crippen LogP contribution in [0.2, 0.25) is 0 Å². The Morgan fingerprint density at radius 2 is 1.92 bits per heavy atom. The Bertz CT molecular complexity index is 637. The van der Waals surface area contributed by atoms with Crippen LogP contribution in [0.5, 0.6) is 5.75 Å². The molecule has 0 bridgehead atoms. The van der Waals surface area contributed by atoms with Gasteiger partial charge >= 0.3 is 6.03 Å². The highest BCUT2D eigenvalue weighted by Gasteiger charge is 2.10. The monoisotopic (exact) mass is 331 g/mol. The number of carbonyl (C=O) groups excluding carboxylic acids is 1. The van der Waals surface area contributed by atoms with Crippen molar-refractivity contribution >= 4 is 6.03 Å². The van der Waals surface area contributed by atoms with Crippen molar-refractivity contribution in [3.63, 3.8) is 0 Å². The standard InChI is InChI=1S/C18H25N3O3/c1-21-13-3-4-16(21)17(22)10-12-20-18(23)19-11-9-14-5-7-15(24-2)8-6-14/h3-8,13,17,22H,9-12H2,1-2H3,(H2,19,20,23)/t17-/m1/s1. The van der Waals surface area contributed by atoms with Gasteiger partial charge in [-0.2, -0.15) is 0 Å². The number of aliphatic hydroxyl groups is 1. The second-order valence-corrected chi connectivity index (χ2v) is 5.63. The number of methoxy groups -OCH3 is 1. The lowest BCUT2D eigenvalue weighted by atomic mass is 10.1. The van der Waals surface area contributed by atoms with Crippen LogP contribution in [0.15, 0.2) is 42.6 Å². The van der Waals surface area contributed by atoms with Crippen LogP contribution in [0.25, 0.3) is 0 Å². The molecule has 2 rings (SSSR count). The summed E-state index contributed by atoms with van der Waals surface area (Å²) in [4.78, 5) is 11.7. The average molecular weight is 331 g/mol. The molecule has 0 radical (unpaired) electrons. The van der Waals surface area contributed by atoms with E-state index in [9.17, 15) is 9.90 Å². The Hall–Kier alpha value is -2.47. The van der Waals surface area contributed by atoms with E-state index in [2.05, 4.69) is 10.6 Å². The van der Waals surface area contributed by atoms with Crippen LogP contribution < -0.4 is 15.4 Å². The summed E-state index contributed by atoms with van der Waals surface area (Å²) in [5.41, 5.74) is 1.98. The summed E-state index contributed by atoms with van der Waals surface area (Å²) in [6, 6.07) is 11.3. The molecule has 2 aromatic rings. The number of ether oxygens (including phenoxy) is 1. The van der Waals surface area contributed by atoms with Gasteiger partial charge in [0.1, 0.15) is 5.75 Å². The zero-order valence-corrected chi connectivity index (χ0v) is 14.2. The minimum Gasteiger partial charge on any atom is -0.497 e. The molecular formula is C18H25N3O3. The Kier molecular flexibility index (Phi) is 6.69. The van der Waals surface area contributed by atoms with E-state index in [4.69, 9.17) is 4.74 Å². The van der Waals surface area contributed by atoms with Gasteiger partial charge in [-0.1, -0.05) is 12.1 Å². The molecule has 2 amide bonds. The maximum atomic E-state index is 11.7. The van der Waals surface area contributed by atoms with Gasteiger partial charge in [0.15, 0.2) is 0 Å². The normalized spacial score (nSPS) is 11.8. The summed E-state index contributed by atoms with van der Waals surface area (Å²) in [5.74, 6) is 0.821. The van der Waals surface area contributed by atoms with E-state index in [-0.39, 0.29) is 6.03 Å². The number of aryl methyl sites for hydroxylation is 1. The first-order chi connectivity index (χ1) is 11.6. The molecule has 0 saturated heterocycles. The number of benzene rings is 1. The molecule has 1 aromatic heterocycles. The van der Waals surface area contributed by atoms with Crippen molar-refractivity contribution in [1.29, 1.82) is 0 Å². The van der Waals surface area contributed by atoms with E-state index >= 15 is 0 Å². The fraction of sp³-hybridized carbons (Fsp3) is 0.389. The fourth-order valence-electron chi connectivity index (χ4n) is 2.47. The highest BCUT2D eigenvalue weighted by molar-refractivity contribution is 5.73. The zero-order chi connectivity index (χ0) is 17.4. The fourth-order valence-corrected chi connectivity index (χ4v) is 2.47. The van der Waals surface area contributed by atoms with Gasteiger partial charge in [-0.15, -0.1) is 0 Å². The van der Waals surface area contributed by atoms with Crippen molar-refractivity contribution in [1.82, 2.24) is 15.2 Å². The number of rotatable bonds is 8. The number of hydrogen-bond donors (Lipinski definition) is 3. The summed E-state index contributed by atoms with van der Waals surface area (Å²) in [6.07, 6.45) is 2.54. The molecular weight excluding hydrogens is 306 g/mol. The summed E-state index contributed by atoms with van der Waals surface area (Å²) in [6.45, 7) is 0.971. The molecule has 0 aliphatic carbocycles. The molecule has 0 fully saturated rings. The molecule has 6 heteroatoms. The number of amides is 2. The number of carbonyl (C=O) groups is 1. The minimum atomic E-state index is -0.579. The quantitative estimate of drug-likeness (QED) is 0.692. The summed E-state index contributed by atoms with van der Waals surface area (Å²) < 4.78 is 6.98. The molecule has 0 aliphatic rings. The topological polar surface area (TPSA) is 75.5 Å². The predicted molar refractivity (Wildman–Crippen MR) is 93.1 cm³/mol. The van der Waals surface area contributed by atoms with E-state index in [0.717, 1.165) is 23.4 Å². The van der Waals surface area contributed by atoms with Gasteiger partial charge in [-0.05, 0) is 42.7 Å². The first-order valence-electron chi connectivity index (χ1n) is 8.04. The second kappa shape index (κ2) is 8.98. The lowest BCUT2D eigenvalue weighted by Gasteiger charge is -2.13. The number of nitrogens with one attached hydrogen (secondary N) is 2. The van der Waals surface area contributed by atoms with E-state index in [0.29, 0.717) is 19.5 Å². The van der Waals surface area contributed by atoms with Crippen molar-refractivity contribution < 1.29 is 14.6 Å². The molecule has 1 atom stereocenters. The van der Waals surface area contributed by atoms with Gasteiger partial charge < -0.3 is 25.0 Å². The van der Waals surface area contributed by atoms with Crippen LogP contribution in [0.4, 0.5) is 4.79 Å². The van der Waals surface area contributed by atoms with Crippen molar-refractivity contribution in [2.45, 2.75) is 18.9 Å². The third-order valence-electron chi connectivity index (χ3n) is 3.89. The minimum absolute atomic E-state index is 0.220. The van der Waals surface area contributed by atoms with Crippen molar-refractivity contribution in [3.8, 4) is 5.75 Å². The predicted octanol–water partition coefficient (Wildman–Crippen LogP) is 2.00. The maximum absolute atomic E-state index is 11.7. The Balaban J connectivity index is 1.62. The molecule has 0 saturated carbocycles. The van der Waals surface area contributed by atoms with Crippen LogP contribution in [-0.2, 0) is 13.5 Å². The highest BCUT2D eigenvalue weighted by Crippen LogP contribution is 2.15. The van der Waals surface area contributed by atoms with Crippen LogP contribution in [0.3, 0.4) is 0 Å². The molecule has 130 valence electrons. The van der Waals surface area contributed by atoms with Crippen LogP contribution in [0.1, 0.15) is 23.8 Å². The van der Waals surface area contributed by atoms with Crippen molar-refractivity contribution in [3.05, 3.63) is 53.9 Å². The van der Waals surface area contributed by atoms with Gasteiger partial charge in [-0.3, -0.25) is 0 Å². The molecule has 24 heavy (non-hydrogen) atoms. The summed E-state index contributed by atoms with van der Waals surface area (Å²) >= 11 is 0. The van der Waals surface area contributed by atoms with E-state index in [1.54, 1.807) is 7.11 Å². The Morgan fingerprint density at radius 1 is 1.21 bits per heavy atom. The number of aliphatic hydroxyl groups excluding tert-OH is 1. The summed E-state index contributed by atoms with van der Waals surface area (Å²) in [7, 11) is 3.52. The zero-order valence-electron chi connectivity index (χ0n) is 14.2. The van der Waals surface area contributed by atoms with Gasteiger partial charge in [-0.25, -0.2) is 4.79 Å². The molecule has 0 aliphatic heterocycles. The van der Waals surface area contributed by atoms with E-state index < -0.39 is 6.10 Å². The van der Waals surface area contributed by atoms with Gasteiger partial charge in [0.2, 0.25) is 0 Å². The van der Waals surface area contributed by atoms with E-state index in [1.807, 2.05) is 54.2 Å². The smallest absolute Gasteiger partial charge is 0.314 e. The average Bonchev–Trinajstić information content (AvgIpc) is 3.01. The largest absolute Gasteiger partial charge is 0.497 e. The Labute approximate surface area is 142 Å². The molecule has 3 N–H and O–H groups in total. The van der Waals surface area contributed by atoms with Crippen molar-refractivity contribution in [2.24, 2.45) is 7.05 Å². The van der Waals surface area contributed by atoms with Gasteiger partial charge in [0.25, 0.3) is 0 Å². The third-order valence-corrected chi connectivity index (χ3v) is 3.89. The molecule has 1 heterocycles. The van der Waals surface area contributed by atoms with Gasteiger partial charge in [0.05, 0.1) is 13.2 Å². The van der Waals surface area contributed by atoms with Crippen LogP contribution >= 0.6 is 0 Å². The Morgan fingerprint density at radius 3 is 2.54 bits per heavy atom. The first kappa shape index (κ1) is 17.9. The molecule has 6 nitrogen and oxygen atoms in total. The van der Waals surface area contributed by atoms with Gasteiger partial charge in [0, 0.05) is 32.0 Å². The summed E-state index contributed by atoms with van der Waals surface area (Å²) in [5, 5.41) is 15.6. The van der Waals surface area contributed by atoms with Crippen molar-refractivity contribution in [2.75, 3.05) is 20.2 Å². The highest BCUT2D eigenvalue weighted by atomic mass is 16.5. The molecule has 0 spiro atoms. The van der Waals surface area contributed by atoms with E-state index in [1.165, 1.54) is 0 Å². The lowest BCUT2D eigenvalue weighted by Crippen LogP contribution is -2.37. The van der Waals surface area contributed by atoms with Crippen LogP contribution in [0, 0.1) is 0 Å². The number of nitrogens with zero attached hydrogens (tertiary/aromatic N) is 1. The molecule has 0 unspecified atom stereocenters. The third kappa shape index (κ3) is 5.31. The SMILES string of the molecule is COc1ccc(CCNC(=O)NCC[C@@H](O)c2cccn2C)cc1. The van der Waals surface area contributed by atoms with Crippen LogP contribution in [-0.4, -0.2) is 35.9 Å². The number of urea groups is 1. The molecule has 1 aromatic carbocycles. The lowest BCUT2D eigenvalue weighted by molar-refractivity contribution is 0.159. The maximum Gasteiger partial charge on any atom is 0.314 e. The number of aromatic nitrogens is 1.